The van der Waals surface area contributed by atoms with Gasteiger partial charge in [-0.05, 0) is 43.7 Å². The van der Waals surface area contributed by atoms with Crippen LogP contribution in [0.2, 0.25) is 5.02 Å². The Kier molecular flexibility index (Phi) is 7.37. The fourth-order valence-electron chi connectivity index (χ4n) is 2.36. The fourth-order valence-corrected chi connectivity index (χ4v) is 2.55. The molecule has 6 nitrogen and oxygen atoms in total. The van der Waals surface area contributed by atoms with Crippen molar-refractivity contribution in [3.05, 3.63) is 58.6 Å². The Morgan fingerprint density at radius 1 is 0.963 bits per heavy atom. The van der Waals surface area contributed by atoms with Crippen molar-refractivity contribution in [3.8, 4) is 0 Å². The first-order chi connectivity index (χ1) is 12.8. The van der Waals surface area contributed by atoms with E-state index in [9.17, 15) is 14.4 Å². The Labute approximate surface area is 162 Å². The van der Waals surface area contributed by atoms with E-state index in [0.29, 0.717) is 16.4 Å². The molecule has 2 N–H and O–H groups in total. The zero-order chi connectivity index (χ0) is 19.8. The molecular weight excluding hydrogens is 368 g/mol. The van der Waals surface area contributed by atoms with Crippen LogP contribution < -0.4 is 10.6 Å². The van der Waals surface area contributed by atoms with Crippen LogP contribution in [0.1, 0.15) is 24.0 Å². The molecule has 0 spiro atoms. The minimum atomic E-state index is -0.618. The fraction of sp³-hybridized carbons (Fsp3) is 0.250. The van der Waals surface area contributed by atoms with Gasteiger partial charge in [0.25, 0.3) is 5.91 Å². The molecule has 0 radical (unpaired) electrons. The van der Waals surface area contributed by atoms with Gasteiger partial charge in [-0.15, -0.1) is 0 Å². The van der Waals surface area contributed by atoms with Crippen LogP contribution in [0.4, 0.5) is 11.4 Å². The number of carbonyl (C=O) groups excluding carboxylic acids is 3. The molecular formula is C20H21ClN2O4. The lowest BCUT2D eigenvalue weighted by Crippen LogP contribution is -2.22. The summed E-state index contributed by atoms with van der Waals surface area (Å²) >= 11 is 5.84. The summed E-state index contributed by atoms with van der Waals surface area (Å²) in [6.07, 6.45) is -0.173. The highest BCUT2D eigenvalue weighted by molar-refractivity contribution is 6.30. The molecule has 2 aromatic carbocycles. The predicted octanol–water partition coefficient (Wildman–Crippen LogP) is 3.86. The molecule has 0 aliphatic rings. The average Bonchev–Trinajstić information content (AvgIpc) is 2.60. The van der Waals surface area contributed by atoms with E-state index in [2.05, 4.69) is 10.6 Å². The topological polar surface area (TPSA) is 84.5 Å². The summed E-state index contributed by atoms with van der Waals surface area (Å²) in [5.74, 6) is -1.39. The molecule has 0 aromatic heterocycles. The third-order valence-electron chi connectivity index (χ3n) is 3.68. The van der Waals surface area contributed by atoms with E-state index in [1.807, 2.05) is 26.0 Å². The Bertz CT molecular complexity index is 852. The van der Waals surface area contributed by atoms with Crippen LogP contribution in [-0.4, -0.2) is 24.4 Å². The van der Waals surface area contributed by atoms with Gasteiger partial charge in [0.2, 0.25) is 5.91 Å². The number of anilines is 2. The molecule has 0 atom stereocenters. The van der Waals surface area contributed by atoms with Crippen molar-refractivity contribution in [2.24, 2.45) is 0 Å². The number of hydrogen-bond donors (Lipinski definition) is 2. The predicted molar refractivity (Wildman–Crippen MR) is 105 cm³/mol. The van der Waals surface area contributed by atoms with E-state index in [4.69, 9.17) is 16.3 Å². The second-order valence-corrected chi connectivity index (χ2v) is 6.52. The Morgan fingerprint density at radius 3 is 2.44 bits per heavy atom. The summed E-state index contributed by atoms with van der Waals surface area (Å²) in [6.45, 7) is 3.44. The summed E-state index contributed by atoms with van der Waals surface area (Å²) < 4.78 is 4.91. The van der Waals surface area contributed by atoms with E-state index in [1.165, 1.54) is 0 Å². The van der Waals surface area contributed by atoms with Crippen LogP contribution in [0, 0.1) is 13.8 Å². The Morgan fingerprint density at radius 2 is 1.74 bits per heavy atom. The lowest BCUT2D eigenvalue weighted by Gasteiger charge is -2.10. The van der Waals surface area contributed by atoms with Crippen LogP contribution in [0.25, 0.3) is 0 Å². The minimum Gasteiger partial charge on any atom is -0.456 e. The number of aryl methyl sites for hydroxylation is 2. The zero-order valence-electron chi connectivity index (χ0n) is 15.2. The van der Waals surface area contributed by atoms with Crippen LogP contribution in [0.3, 0.4) is 0 Å². The van der Waals surface area contributed by atoms with Crippen LogP contribution in [0.15, 0.2) is 42.5 Å². The molecule has 0 bridgehead atoms. The highest BCUT2D eigenvalue weighted by Gasteiger charge is 2.11. The number of carbonyl (C=O) groups is 3. The standard InChI is InChI=1S/C20H21ClN2O4/c1-13-6-7-17(14(2)10-13)23-19(25)12-27-20(26)9-8-18(24)22-16-5-3-4-15(21)11-16/h3-7,10-11H,8-9,12H2,1-2H3,(H,22,24)(H,23,25). The number of halogens is 1. The van der Waals surface area contributed by atoms with E-state index in [0.717, 1.165) is 11.1 Å². The van der Waals surface area contributed by atoms with Gasteiger partial charge in [0.15, 0.2) is 6.61 Å². The molecule has 0 aliphatic heterocycles. The van der Waals surface area contributed by atoms with Gasteiger partial charge in [0.05, 0.1) is 6.42 Å². The molecule has 2 amide bonds. The Hall–Kier alpha value is -2.86. The van der Waals surface area contributed by atoms with E-state index < -0.39 is 18.5 Å². The molecule has 0 aliphatic carbocycles. The normalized spacial score (nSPS) is 10.2. The Balaban J connectivity index is 1.70. The summed E-state index contributed by atoms with van der Waals surface area (Å²) in [7, 11) is 0. The monoisotopic (exact) mass is 388 g/mol. The molecule has 2 aromatic rings. The average molecular weight is 389 g/mol. The van der Waals surface area contributed by atoms with Gasteiger partial charge in [0.1, 0.15) is 0 Å². The van der Waals surface area contributed by atoms with Crippen molar-refractivity contribution >= 4 is 40.8 Å². The lowest BCUT2D eigenvalue weighted by molar-refractivity contribution is -0.147. The highest BCUT2D eigenvalue weighted by Crippen LogP contribution is 2.16. The maximum absolute atomic E-state index is 11.9. The summed E-state index contributed by atoms with van der Waals surface area (Å²) in [4.78, 5) is 35.4. The molecule has 0 unspecified atom stereocenters. The van der Waals surface area contributed by atoms with Gasteiger partial charge in [-0.25, -0.2) is 0 Å². The van der Waals surface area contributed by atoms with Gasteiger partial charge in [-0.1, -0.05) is 35.4 Å². The molecule has 7 heteroatoms. The van der Waals surface area contributed by atoms with Gasteiger partial charge < -0.3 is 15.4 Å². The molecule has 27 heavy (non-hydrogen) atoms. The summed E-state index contributed by atoms with van der Waals surface area (Å²) in [6, 6.07) is 12.3. The van der Waals surface area contributed by atoms with Crippen molar-refractivity contribution in [2.75, 3.05) is 17.2 Å². The number of nitrogens with one attached hydrogen (secondary N) is 2. The van der Waals surface area contributed by atoms with Crippen LogP contribution >= 0.6 is 11.6 Å². The smallest absolute Gasteiger partial charge is 0.306 e. The SMILES string of the molecule is Cc1ccc(NC(=O)COC(=O)CCC(=O)Nc2cccc(Cl)c2)c(C)c1. The molecule has 0 heterocycles. The number of ether oxygens (including phenoxy) is 1. The number of amides is 2. The maximum atomic E-state index is 11.9. The molecule has 142 valence electrons. The van der Waals surface area contributed by atoms with Gasteiger partial charge >= 0.3 is 5.97 Å². The van der Waals surface area contributed by atoms with Crippen LogP contribution in [0.5, 0.6) is 0 Å². The lowest BCUT2D eigenvalue weighted by atomic mass is 10.1. The van der Waals surface area contributed by atoms with Crippen molar-refractivity contribution < 1.29 is 19.1 Å². The first-order valence-corrected chi connectivity index (χ1v) is 8.79. The quantitative estimate of drug-likeness (QED) is 0.705. The minimum absolute atomic E-state index is 0.0516. The van der Waals surface area contributed by atoms with E-state index in [1.54, 1.807) is 30.3 Å². The molecule has 0 fully saturated rings. The third kappa shape index (κ3) is 7.11. The van der Waals surface area contributed by atoms with Crippen LogP contribution in [-0.2, 0) is 19.1 Å². The van der Waals surface area contributed by atoms with Gasteiger partial charge in [0, 0.05) is 22.8 Å². The molecule has 0 saturated carbocycles. The largest absolute Gasteiger partial charge is 0.456 e. The highest BCUT2D eigenvalue weighted by atomic mass is 35.5. The number of hydrogen-bond acceptors (Lipinski definition) is 4. The number of benzene rings is 2. The number of esters is 1. The first-order valence-electron chi connectivity index (χ1n) is 8.41. The van der Waals surface area contributed by atoms with Crippen molar-refractivity contribution in [2.45, 2.75) is 26.7 Å². The number of rotatable bonds is 7. The van der Waals surface area contributed by atoms with E-state index >= 15 is 0 Å². The van der Waals surface area contributed by atoms with Crippen molar-refractivity contribution in [1.29, 1.82) is 0 Å². The second-order valence-electron chi connectivity index (χ2n) is 6.09. The maximum Gasteiger partial charge on any atom is 0.306 e. The summed E-state index contributed by atoms with van der Waals surface area (Å²) in [5.41, 5.74) is 3.23. The summed E-state index contributed by atoms with van der Waals surface area (Å²) in [5, 5.41) is 5.83. The third-order valence-corrected chi connectivity index (χ3v) is 3.92. The van der Waals surface area contributed by atoms with Gasteiger partial charge in [-0.2, -0.15) is 0 Å². The van der Waals surface area contributed by atoms with E-state index in [-0.39, 0.29) is 18.7 Å². The van der Waals surface area contributed by atoms with Crippen molar-refractivity contribution in [3.63, 3.8) is 0 Å². The van der Waals surface area contributed by atoms with Crippen molar-refractivity contribution in [1.82, 2.24) is 0 Å². The molecule has 0 saturated heterocycles. The first kappa shape index (κ1) is 20.5. The molecule has 2 rings (SSSR count). The zero-order valence-corrected chi connectivity index (χ0v) is 15.9. The second kappa shape index (κ2) is 9.73. The van der Waals surface area contributed by atoms with Gasteiger partial charge in [-0.3, -0.25) is 14.4 Å².